The summed E-state index contributed by atoms with van der Waals surface area (Å²) in [5.41, 5.74) is -0.676. The lowest BCUT2D eigenvalue weighted by atomic mass is 9.43. The van der Waals surface area contributed by atoms with Gasteiger partial charge >= 0.3 is 5.97 Å². The van der Waals surface area contributed by atoms with E-state index in [0.717, 1.165) is 70.6 Å². The number of carbonyl (C=O) groups is 2. The molecule has 4 aliphatic heterocycles. The van der Waals surface area contributed by atoms with E-state index in [1.807, 2.05) is 6.92 Å². The number of hydrogen-bond acceptors (Lipinski definition) is 9. The van der Waals surface area contributed by atoms with E-state index in [2.05, 4.69) is 39.9 Å². The van der Waals surface area contributed by atoms with Gasteiger partial charge in [0.25, 0.3) is 0 Å². The topological polar surface area (TPSA) is 153 Å². The highest BCUT2D eigenvalue weighted by Crippen LogP contribution is 2.69. The van der Waals surface area contributed by atoms with E-state index in [1.54, 1.807) is 0 Å². The Kier molecular flexibility index (Phi) is 9.69. The van der Waals surface area contributed by atoms with Gasteiger partial charge in [-0.1, -0.05) is 34.6 Å². The van der Waals surface area contributed by atoms with Crippen molar-refractivity contribution in [3.8, 4) is 0 Å². The minimum atomic E-state index is -1.03. The Hall–Kier alpha value is -1.34. The van der Waals surface area contributed by atoms with E-state index in [9.17, 15) is 19.8 Å². The van der Waals surface area contributed by atoms with Gasteiger partial charge in [-0.3, -0.25) is 9.59 Å². The highest BCUT2D eigenvalue weighted by molar-refractivity contribution is 5.81. The van der Waals surface area contributed by atoms with Gasteiger partial charge in [-0.2, -0.15) is 0 Å². The molecule has 9 fully saturated rings. The molecular weight excluding hydrogens is 666 g/mol. The molecule has 1 amide bonds. The van der Waals surface area contributed by atoms with Crippen molar-refractivity contribution in [1.82, 2.24) is 5.32 Å². The molecule has 4 saturated heterocycles. The Bertz CT molecular complexity index is 1380. The first kappa shape index (κ1) is 37.6. The number of hydrogen-bond donors (Lipinski definition) is 4. The molecule has 9 rings (SSSR count). The number of carboxylic acids is 1. The first-order valence-corrected chi connectivity index (χ1v) is 20.8. The number of rotatable bonds is 8. The van der Waals surface area contributed by atoms with Crippen LogP contribution < -0.4 is 5.32 Å². The van der Waals surface area contributed by atoms with Gasteiger partial charge in [-0.15, -0.1) is 0 Å². The summed E-state index contributed by atoms with van der Waals surface area (Å²) < 4.78 is 20.3. The molecule has 4 N–H and O–H groups in total. The number of aliphatic hydroxyl groups is 2. The van der Waals surface area contributed by atoms with Crippen molar-refractivity contribution in [3.05, 3.63) is 0 Å². The van der Waals surface area contributed by atoms with Crippen LogP contribution in [0.3, 0.4) is 0 Å². The molecule has 5 saturated carbocycles. The smallest absolute Gasteiger partial charge is 0.322 e. The summed E-state index contributed by atoms with van der Waals surface area (Å²) in [5, 5.41) is 35.5. The zero-order valence-corrected chi connectivity index (χ0v) is 32.3. The van der Waals surface area contributed by atoms with E-state index >= 15 is 0 Å². The summed E-state index contributed by atoms with van der Waals surface area (Å²) in [7, 11) is 0. The predicted octanol–water partition coefficient (Wildman–Crippen LogP) is 5.80. The fraction of sp³-hybridized carbons (Fsp3) is 0.951. The maximum atomic E-state index is 12.3. The Morgan fingerprint density at radius 1 is 0.846 bits per heavy atom. The molecule has 9 aliphatic rings. The third-order valence-electron chi connectivity index (χ3n) is 17.2. The van der Waals surface area contributed by atoms with Crippen LogP contribution >= 0.6 is 0 Å². The van der Waals surface area contributed by atoms with Crippen molar-refractivity contribution in [1.29, 1.82) is 0 Å². The lowest BCUT2D eigenvalue weighted by Crippen LogP contribution is -2.70. The fourth-order valence-corrected chi connectivity index (χ4v) is 14.4. The molecule has 0 aromatic rings. The van der Waals surface area contributed by atoms with Crippen LogP contribution in [0, 0.1) is 70.0 Å². The quantitative estimate of drug-likeness (QED) is 0.178. The van der Waals surface area contributed by atoms with Crippen LogP contribution in [0.5, 0.6) is 0 Å². The molecule has 0 aromatic carbocycles. The van der Waals surface area contributed by atoms with Gasteiger partial charge < -0.3 is 34.8 Å². The van der Waals surface area contributed by atoms with Gasteiger partial charge in [0.05, 0.1) is 18.3 Å². The van der Waals surface area contributed by atoms with E-state index in [1.165, 1.54) is 0 Å². The van der Waals surface area contributed by atoms with Crippen molar-refractivity contribution in [2.24, 2.45) is 70.0 Å². The number of fused-ring (bicyclic) bond motifs is 7. The molecule has 8 unspecified atom stereocenters. The Morgan fingerprint density at radius 3 is 2.33 bits per heavy atom. The van der Waals surface area contributed by atoms with Gasteiger partial charge in [0.2, 0.25) is 11.7 Å². The normalized spacial score (nSPS) is 54.2. The van der Waals surface area contributed by atoms with Crippen LogP contribution in [0.1, 0.15) is 125 Å². The average Bonchev–Trinajstić information content (AvgIpc) is 3.30. The molecule has 52 heavy (non-hydrogen) atoms. The maximum Gasteiger partial charge on any atom is 0.322 e. The van der Waals surface area contributed by atoms with Gasteiger partial charge in [-0.25, -0.2) is 9.78 Å². The van der Waals surface area contributed by atoms with Crippen molar-refractivity contribution in [3.63, 3.8) is 0 Å². The number of nitrogens with one attached hydrogen (secondary N) is 1. The largest absolute Gasteiger partial charge is 0.480 e. The summed E-state index contributed by atoms with van der Waals surface area (Å²) in [5.74, 6) is 0.406. The van der Waals surface area contributed by atoms with E-state index in [0.29, 0.717) is 48.3 Å². The molecule has 19 atom stereocenters. The molecule has 0 aromatic heterocycles. The maximum absolute atomic E-state index is 12.3. The van der Waals surface area contributed by atoms with Crippen molar-refractivity contribution < 1.29 is 48.9 Å². The lowest BCUT2D eigenvalue weighted by molar-refractivity contribution is -0.578. The highest BCUT2D eigenvalue weighted by Gasteiger charge is 2.70. The minimum absolute atomic E-state index is 0.0371. The number of aliphatic hydroxyl groups excluding tert-OH is 2. The van der Waals surface area contributed by atoms with Crippen LogP contribution in [0.2, 0.25) is 0 Å². The number of carbonyl (C=O) groups excluding carboxylic acids is 1. The van der Waals surface area contributed by atoms with Crippen LogP contribution in [-0.2, 0) is 33.6 Å². The third kappa shape index (κ3) is 5.75. The van der Waals surface area contributed by atoms with Gasteiger partial charge in [0.1, 0.15) is 6.54 Å². The second kappa shape index (κ2) is 13.4. The fourth-order valence-electron chi connectivity index (χ4n) is 14.4. The number of aliphatic carboxylic acids is 1. The van der Waals surface area contributed by atoms with Crippen molar-refractivity contribution in [2.75, 3.05) is 6.54 Å². The lowest BCUT2D eigenvalue weighted by Gasteiger charge is -2.64. The Labute approximate surface area is 309 Å². The third-order valence-corrected chi connectivity index (χ3v) is 17.2. The predicted molar refractivity (Wildman–Crippen MR) is 189 cm³/mol. The minimum Gasteiger partial charge on any atom is -0.480 e. The molecule has 11 nitrogen and oxygen atoms in total. The highest BCUT2D eigenvalue weighted by atomic mass is 17.3. The van der Waals surface area contributed by atoms with Crippen LogP contribution in [0.15, 0.2) is 0 Å². The monoisotopic (exact) mass is 731 g/mol. The number of carboxylic acid groups (broad SMARTS) is 1. The summed E-state index contributed by atoms with van der Waals surface area (Å²) in [6.45, 7) is 13.2. The van der Waals surface area contributed by atoms with Crippen LogP contribution in [-0.4, -0.2) is 76.0 Å². The van der Waals surface area contributed by atoms with E-state index in [4.69, 9.17) is 29.1 Å². The molecule has 5 aliphatic carbocycles. The van der Waals surface area contributed by atoms with Gasteiger partial charge in [-0.05, 0) is 136 Å². The molecule has 11 heteroatoms. The standard InChI is InChI=1S/C41H65NO10/c1-21(8-12-31(43)42-20-32(44)45)25-10-11-28-33-29(14-17-38(25,28)4)39(5)16-13-24(19-30(39)34(46)35(33)47)48-36-23(3)27-9-7-22(2)26-15-18-40(6)50-37(49-36)41(26,27)52-51-40/h21-30,33-37,46-47H,7-20H2,1-6H3,(H,42,43)(H,44,45)/t21-,22-,23-,24-,25-,26?,27+,28?,29?,30?,33?,34-,35+,36?,37?,38-,39-,40?,41-/m1/s1. The number of ether oxygens (including phenoxy) is 3. The average molecular weight is 732 g/mol. The van der Waals surface area contributed by atoms with Crippen molar-refractivity contribution >= 4 is 11.9 Å². The van der Waals surface area contributed by atoms with Gasteiger partial charge in [0, 0.05) is 24.7 Å². The zero-order chi connectivity index (χ0) is 37.0. The molecule has 0 radical (unpaired) electrons. The van der Waals surface area contributed by atoms with Crippen LogP contribution in [0.25, 0.3) is 0 Å². The van der Waals surface area contributed by atoms with E-state index in [-0.39, 0.29) is 53.1 Å². The van der Waals surface area contributed by atoms with E-state index < -0.39 is 42.1 Å². The molecular formula is C41H65NO10. The molecule has 1 spiro atoms. The Morgan fingerprint density at radius 2 is 1.56 bits per heavy atom. The first-order valence-electron chi connectivity index (χ1n) is 20.8. The SMILES string of the molecule is C[C@@H]1CC[C@H]2[C@@H](C)C(O[C@@H]3CC[C@]4(C)C5CC[C@@]6(C)C(CC[C@@H]6[C@H](C)CCC(=O)NCC(=O)O)C5[C@H](O)[C@H](O)C4C3)OC3OC4(C)CCC1[C@]32OO4. The van der Waals surface area contributed by atoms with Crippen molar-refractivity contribution in [2.45, 2.75) is 167 Å². The zero-order valence-electron chi connectivity index (χ0n) is 32.3. The summed E-state index contributed by atoms with van der Waals surface area (Å²) >= 11 is 0. The molecule has 4 heterocycles. The summed E-state index contributed by atoms with van der Waals surface area (Å²) in [4.78, 5) is 35.5. The summed E-state index contributed by atoms with van der Waals surface area (Å²) in [6, 6.07) is 0. The first-order chi connectivity index (χ1) is 24.6. The molecule has 2 bridgehead atoms. The molecule has 294 valence electrons. The Balaban J connectivity index is 0.942. The number of amides is 1. The van der Waals surface area contributed by atoms with Crippen LogP contribution in [0.4, 0.5) is 0 Å². The van der Waals surface area contributed by atoms with Gasteiger partial charge in [0.15, 0.2) is 18.2 Å². The summed E-state index contributed by atoms with van der Waals surface area (Å²) in [6.07, 6.45) is 9.08. The second-order valence-electron chi connectivity index (χ2n) is 19.6. The second-order valence-corrected chi connectivity index (χ2v) is 19.6.